The molecular weight excluding hydrogens is 158 g/mol. The first-order chi connectivity index (χ1) is 5.99. The fraction of sp³-hybridized carbons (Fsp3) is 1.00. The van der Waals surface area contributed by atoms with E-state index in [1.165, 1.54) is 38.5 Å². The molecule has 0 aromatic rings. The average Bonchev–Trinajstić information content (AvgIpc) is 1.99. The molecule has 1 heteroatoms. The first-order valence-corrected chi connectivity index (χ1v) is 5.75. The molecule has 1 aliphatic carbocycles. The first kappa shape index (κ1) is 11.0. The Morgan fingerprint density at radius 3 is 2.69 bits per heavy atom. The van der Waals surface area contributed by atoms with Gasteiger partial charge in [-0.15, -0.1) is 0 Å². The molecule has 0 heterocycles. The van der Waals surface area contributed by atoms with Crippen molar-refractivity contribution in [2.75, 3.05) is 0 Å². The maximum absolute atomic E-state index is 5.78. The van der Waals surface area contributed by atoms with Gasteiger partial charge in [0.05, 0.1) is 0 Å². The van der Waals surface area contributed by atoms with Crippen molar-refractivity contribution in [2.45, 2.75) is 65.3 Å². The number of nitrogens with two attached hydrogens (primary N) is 1. The van der Waals surface area contributed by atoms with Crippen LogP contribution in [0.2, 0.25) is 0 Å². The Hall–Kier alpha value is -0.0400. The van der Waals surface area contributed by atoms with Gasteiger partial charge >= 0.3 is 0 Å². The van der Waals surface area contributed by atoms with Gasteiger partial charge in [0.25, 0.3) is 0 Å². The molecule has 2 N–H and O–H groups in total. The minimum absolute atomic E-state index is 0.394. The maximum atomic E-state index is 5.78. The predicted octanol–water partition coefficient (Wildman–Crippen LogP) is 3.33. The molecule has 13 heavy (non-hydrogen) atoms. The lowest BCUT2D eigenvalue weighted by Crippen LogP contribution is -2.24. The maximum Gasteiger partial charge on any atom is 0.00105 e. The summed E-state index contributed by atoms with van der Waals surface area (Å²) in [5, 5.41) is 0. The zero-order valence-electron chi connectivity index (χ0n) is 9.47. The van der Waals surface area contributed by atoms with Crippen molar-refractivity contribution < 1.29 is 0 Å². The van der Waals surface area contributed by atoms with Crippen LogP contribution in [0.15, 0.2) is 0 Å². The third-order valence-electron chi connectivity index (χ3n) is 3.34. The summed E-state index contributed by atoms with van der Waals surface area (Å²) >= 11 is 0. The van der Waals surface area contributed by atoms with Crippen molar-refractivity contribution in [3.63, 3.8) is 0 Å². The minimum atomic E-state index is 0.394. The SMILES string of the molecule is C[C@@H](N)CCC1CCCC(C)(C)C1. The van der Waals surface area contributed by atoms with Crippen LogP contribution in [-0.4, -0.2) is 6.04 Å². The topological polar surface area (TPSA) is 26.0 Å². The van der Waals surface area contributed by atoms with Crippen molar-refractivity contribution >= 4 is 0 Å². The molecule has 0 amide bonds. The Labute approximate surface area is 83.1 Å². The lowest BCUT2D eigenvalue weighted by atomic mass is 9.71. The van der Waals surface area contributed by atoms with E-state index in [1.807, 2.05) is 0 Å². The van der Waals surface area contributed by atoms with Gasteiger partial charge in [0.2, 0.25) is 0 Å². The van der Waals surface area contributed by atoms with Gasteiger partial charge < -0.3 is 5.73 Å². The summed E-state index contributed by atoms with van der Waals surface area (Å²) in [6.07, 6.45) is 8.26. The Balaban J connectivity index is 2.26. The molecule has 0 radical (unpaired) electrons. The smallest absolute Gasteiger partial charge is 0.00105 e. The Kier molecular flexibility index (Phi) is 3.78. The third-order valence-corrected chi connectivity index (χ3v) is 3.34. The van der Waals surface area contributed by atoms with E-state index in [1.54, 1.807) is 0 Å². The molecule has 1 fully saturated rings. The summed E-state index contributed by atoms with van der Waals surface area (Å²) in [7, 11) is 0. The highest BCUT2D eigenvalue weighted by atomic mass is 14.6. The van der Waals surface area contributed by atoms with E-state index >= 15 is 0 Å². The highest BCUT2D eigenvalue weighted by molar-refractivity contribution is 4.79. The molecule has 1 aliphatic rings. The first-order valence-electron chi connectivity index (χ1n) is 5.75. The van der Waals surface area contributed by atoms with Crippen LogP contribution in [0.1, 0.15) is 59.3 Å². The quantitative estimate of drug-likeness (QED) is 0.713. The van der Waals surface area contributed by atoms with Gasteiger partial charge in [-0.3, -0.25) is 0 Å². The summed E-state index contributed by atoms with van der Waals surface area (Å²) in [6.45, 7) is 6.93. The number of hydrogen-bond acceptors (Lipinski definition) is 1. The molecular formula is C12H25N. The number of hydrogen-bond donors (Lipinski definition) is 1. The summed E-state index contributed by atoms with van der Waals surface area (Å²) < 4.78 is 0. The lowest BCUT2D eigenvalue weighted by molar-refractivity contribution is 0.170. The average molecular weight is 183 g/mol. The standard InChI is InChI=1S/C12H25N/c1-10(13)6-7-11-5-4-8-12(2,3)9-11/h10-11H,4-9,13H2,1-3H3/t10-,11?/m1/s1. The van der Waals surface area contributed by atoms with E-state index in [4.69, 9.17) is 5.73 Å². The molecule has 0 aromatic carbocycles. The fourth-order valence-electron chi connectivity index (χ4n) is 2.60. The summed E-state index contributed by atoms with van der Waals surface area (Å²) in [4.78, 5) is 0. The highest BCUT2D eigenvalue weighted by Crippen LogP contribution is 2.40. The summed E-state index contributed by atoms with van der Waals surface area (Å²) in [5.41, 5.74) is 6.38. The van der Waals surface area contributed by atoms with Crippen LogP contribution in [0.3, 0.4) is 0 Å². The molecule has 1 unspecified atom stereocenters. The van der Waals surface area contributed by atoms with Crippen LogP contribution < -0.4 is 5.73 Å². The van der Waals surface area contributed by atoms with E-state index in [0.29, 0.717) is 11.5 Å². The van der Waals surface area contributed by atoms with Gasteiger partial charge in [-0.2, -0.15) is 0 Å². The van der Waals surface area contributed by atoms with E-state index < -0.39 is 0 Å². The fourth-order valence-corrected chi connectivity index (χ4v) is 2.60. The van der Waals surface area contributed by atoms with Crippen molar-refractivity contribution in [1.82, 2.24) is 0 Å². The largest absolute Gasteiger partial charge is 0.328 e. The summed E-state index contributed by atoms with van der Waals surface area (Å²) in [5.74, 6) is 0.953. The summed E-state index contributed by atoms with van der Waals surface area (Å²) in [6, 6.07) is 0.394. The normalized spacial score (nSPS) is 30.0. The second-order valence-corrected chi connectivity index (χ2v) is 5.68. The van der Waals surface area contributed by atoms with Gasteiger partial charge in [-0.05, 0) is 43.9 Å². The molecule has 0 aromatic heterocycles. The Morgan fingerprint density at radius 2 is 2.15 bits per heavy atom. The van der Waals surface area contributed by atoms with Gasteiger partial charge in [-0.1, -0.05) is 26.7 Å². The molecule has 1 saturated carbocycles. The zero-order valence-corrected chi connectivity index (χ0v) is 9.47. The minimum Gasteiger partial charge on any atom is -0.328 e. The van der Waals surface area contributed by atoms with Gasteiger partial charge in [0.15, 0.2) is 0 Å². The van der Waals surface area contributed by atoms with Crippen LogP contribution in [0.5, 0.6) is 0 Å². The molecule has 2 atom stereocenters. The molecule has 0 spiro atoms. The van der Waals surface area contributed by atoms with Crippen LogP contribution in [0.25, 0.3) is 0 Å². The number of rotatable bonds is 3. The van der Waals surface area contributed by atoms with Crippen molar-refractivity contribution in [3.8, 4) is 0 Å². The van der Waals surface area contributed by atoms with Gasteiger partial charge in [-0.25, -0.2) is 0 Å². The molecule has 1 nitrogen and oxygen atoms in total. The second kappa shape index (κ2) is 4.45. The molecule has 0 aliphatic heterocycles. The Morgan fingerprint density at radius 1 is 1.46 bits per heavy atom. The van der Waals surface area contributed by atoms with Crippen molar-refractivity contribution in [3.05, 3.63) is 0 Å². The van der Waals surface area contributed by atoms with Crippen molar-refractivity contribution in [2.24, 2.45) is 17.1 Å². The van der Waals surface area contributed by atoms with E-state index in [2.05, 4.69) is 20.8 Å². The molecule has 0 bridgehead atoms. The Bertz CT molecular complexity index is 149. The monoisotopic (exact) mass is 183 g/mol. The molecule has 78 valence electrons. The van der Waals surface area contributed by atoms with E-state index in [0.717, 1.165) is 5.92 Å². The predicted molar refractivity (Wildman–Crippen MR) is 58.6 cm³/mol. The van der Waals surface area contributed by atoms with Gasteiger partial charge in [0.1, 0.15) is 0 Å². The zero-order chi connectivity index (χ0) is 9.90. The van der Waals surface area contributed by atoms with E-state index in [9.17, 15) is 0 Å². The lowest BCUT2D eigenvalue weighted by Gasteiger charge is -2.35. The van der Waals surface area contributed by atoms with Crippen LogP contribution >= 0.6 is 0 Å². The molecule has 1 rings (SSSR count). The van der Waals surface area contributed by atoms with Gasteiger partial charge in [0, 0.05) is 6.04 Å². The second-order valence-electron chi connectivity index (χ2n) is 5.68. The highest BCUT2D eigenvalue weighted by Gasteiger charge is 2.27. The van der Waals surface area contributed by atoms with Crippen LogP contribution in [-0.2, 0) is 0 Å². The van der Waals surface area contributed by atoms with Crippen LogP contribution in [0.4, 0.5) is 0 Å². The van der Waals surface area contributed by atoms with Crippen molar-refractivity contribution in [1.29, 1.82) is 0 Å². The van der Waals surface area contributed by atoms with Crippen LogP contribution in [0, 0.1) is 11.3 Å². The molecule has 0 saturated heterocycles. The third kappa shape index (κ3) is 4.12. The van der Waals surface area contributed by atoms with E-state index in [-0.39, 0.29) is 0 Å².